The summed E-state index contributed by atoms with van der Waals surface area (Å²) < 4.78 is 25.9. The standard InChI is InChI=1S/C23H28FN5O3S/c1-5-28(6-2)22(30)15-33-23-27-26-21(14-25-17-9-7-16(24)8-10-17)29(23)18-11-19(31-3)13-20(12-18)32-4/h7-13,25H,5-6,14-15H2,1-4H3. The summed E-state index contributed by atoms with van der Waals surface area (Å²) in [5.74, 6) is 1.83. The number of anilines is 1. The molecule has 0 aliphatic carbocycles. The van der Waals surface area contributed by atoms with Crippen LogP contribution in [0.5, 0.6) is 11.5 Å². The molecule has 0 saturated heterocycles. The molecule has 3 rings (SSSR count). The number of hydrogen-bond acceptors (Lipinski definition) is 7. The molecule has 8 nitrogen and oxygen atoms in total. The van der Waals surface area contributed by atoms with Gasteiger partial charge in [0, 0.05) is 37.0 Å². The number of nitrogens with zero attached hydrogens (tertiary/aromatic N) is 4. The molecule has 0 aliphatic heterocycles. The number of amides is 1. The Balaban J connectivity index is 1.93. The van der Waals surface area contributed by atoms with Crippen LogP contribution >= 0.6 is 11.8 Å². The van der Waals surface area contributed by atoms with Crippen LogP contribution < -0.4 is 14.8 Å². The van der Waals surface area contributed by atoms with E-state index in [2.05, 4.69) is 15.5 Å². The summed E-state index contributed by atoms with van der Waals surface area (Å²) in [6.45, 7) is 5.56. The van der Waals surface area contributed by atoms with Crippen LogP contribution in [0.4, 0.5) is 10.1 Å². The topological polar surface area (TPSA) is 81.5 Å². The van der Waals surface area contributed by atoms with Crippen molar-refractivity contribution < 1.29 is 18.7 Å². The minimum absolute atomic E-state index is 0.0359. The lowest BCUT2D eigenvalue weighted by Gasteiger charge is -2.18. The molecular weight excluding hydrogens is 445 g/mol. The Morgan fingerprint density at radius 2 is 1.70 bits per heavy atom. The molecule has 33 heavy (non-hydrogen) atoms. The van der Waals surface area contributed by atoms with Crippen molar-refractivity contribution in [2.24, 2.45) is 0 Å². The molecule has 0 atom stereocenters. The average Bonchev–Trinajstić information content (AvgIpc) is 3.25. The van der Waals surface area contributed by atoms with Gasteiger partial charge in [-0.15, -0.1) is 10.2 Å². The molecule has 0 aliphatic rings. The molecule has 3 aromatic rings. The maximum atomic E-state index is 13.2. The Labute approximate surface area is 197 Å². The van der Waals surface area contributed by atoms with Crippen LogP contribution in [0.1, 0.15) is 19.7 Å². The number of methoxy groups -OCH3 is 2. The highest BCUT2D eigenvalue weighted by atomic mass is 32.2. The van der Waals surface area contributed by atoms with E-state index in [4.69, 9.17) is 9.47 Å². The first kappa shape index (κ1) is 24.4. The number of ether oxygens (including phenoxy) is 2. The van der Waals surface area contributed by atoms with Gasteiger partial charge in [-0.1, -0.05) is 11.8 Å². The number of carbonyl (C=O) groups is 1. The van der Waals surface area contributed by atoms with Crippen molar-refractivity contribution in [2.75, 3.05) is 38.4 Å². The Kier molecular flexibility index (Phi) is 8.53. The first-order chi connectivity index (χ1) is 16.0. The number of aromatic nitrogens is 3. The highest BCUT2D eigenvalue weighted by Gasteiger charge is 2.19. The van der Waals surface area contributed by atoms with E-state index < -0.39 is 0 Å². The number of hydrogen-bond donors (Lipinski definition) is 1. The molecule has 10 heteroatoms. The lowest BCUT2D eigenvalue weighted by atomic mass is 10.2. The van der Waals surface area contributed by atoms with E-state index in [-0.39, 0.29) is 17.5 Å². The predicted octanol–water partition coefficient (Wildman–Crippen LogP) is 4.00. The Hall–Kier alpha value is -3.27. The van der Waals surface area contributed by atoms with Gasteiger partial charge in [-0.3, -0.25) is 9.36 Å². The highest BCUT2D eigenvalue weighted by Crippen LogP contribution is 2.29. The second-order valence-corrected chi connectivity index (χ2v) is 7.96. The molecule has 0 unspecified atom stereocenters. The molecule has 1 N–H and O–H groups in total. The molecule has 1 heterocycles. The molecule has 0 spiro atoms. The van der Waals surface area contributed by atoms with E-state index in [0.29, 0.717) is 42.1 Å². The highest BCUT2D eigenvalue weighted by molar-refractivity contribution is 7.99. The van der Waals surface area contributed by atoms with Gasteiger partial charge in [0.15, 0.2) is 11.0 Å². The third-order valence-electron chi connectivity index (χ3n) is 5.03. The number of nitrogens with one attached hydrogen (secondary N) is 1. The van der Waals surface area contributed by atoms with Crippen LogP contribution in [0.3, 0.4) is 0 Å². The molecular formula is C23H28FN5O3S. The Morgan fingerprint density at radius 1 is 1.06 bits per heavy atom. The monoisotopic (exact) mass is 473 g/mol. The van der Waals surface area contributed by atoms with Gasteiger partial charge in [0.05, 0.1) is 32.2 Å². The third kappa shape index (κ3) is 6.16. The summed E-state index contributed by atoms with van der Waals surface area (Å²) in [5, 5.41) is 12.5. The van der Waals surface area contributed by atoms with Crippen molar-refractivity contribution in [3.05, 3.63) is 54.1 Å². The summed E-state index contributed by atoms with van der Waals surface area (Å²) >= 11 is 1.32. The van der Waals surface area contributed by atoms with Crippen molar-refractivity contribution in [1.29, 1.82) is 0 Å². The van der Waals surface area contributed by atoms with E-state index in [9.17, 15) is 9.18 Å². The molecule has 176 valence electrons. The van der Waals surface area contributed by atoms with Crippen molar-refractivity contribution in [3.63, 3.8) is 0 Å². The predicted molar refractivity (Wildman–Crippen MR) is 127 cm³/mol. The molecule has 2 aromatic carbocycles. The van der Waals surface area contributed by atoms with Gasteiger partial charge >= 0.3 is 0 Å². The van der Waals surface area contributed by atoms with Crippen molar-refractivity contribution in [1.82, 2.24) is 19.7 Å². The quantitative estimate of drug-likeness (QED) is 0.422. The number of benzene rings is 2. The molecule has 1 amide bonds. The van der Waals surface area contributed by atoms with Gasteiger partial charge < -0.3 is 19.7 Å². The first-order valence-corrected chi connectivity index (χ1v) is 11.5. The van der Waals surface area contributed by atoms with Gasteiger partial charge in [-0.25, -0.2) is 4.39 Å². The summed E-state index contributed by atoms with van der Waals surface area (Å²) in [4.78, 5) is 14.3. The van der Waals surface area contributed by atoms with Crippen LogP contribution in [0.15, 0.2) is 47.6 Å². The van der Waals surface area contributed by atoms with Gasteiger partial charge in [0.1, 0.15) is 17.3 Å². The fourth-order valence-corrected chi connectivity index (χ4v) is 4.11. The van der Waals surface area contributed by atoms with E-state index in [1.54, 1.807) is 37.3 Å². The zero-order valence-electron chi connectivity index (χ0n) is 19.2. The summed E-state index contributed by atoms with van der Waals surface area (Å²) in [6.07, 6.45) is 0. The molecule has 1 aromatic heterocycles. The largest absolute Gasteiger partial charge is 0.497 e. The Bertz CT molecular complexity index is 1050. The molecule has 0 radical (unpaired) electrons. The second kappa shape index (κ2) is 11.6. The maximum Gasteiger partial charge on any atom is 0.233 e. The van der Waals surface area contributed by atoms with Crippen molar-refractivity contribution in [2.45, 2.75) is 25.5 Å². The fraction of sp³-hybridized carbons (Fsp3) is 0.348. The van der Waals surface area contributed by atoms with Gasteiger partial charge in [0.2, 0.25) is 5.91 Å². The van der Waals surface area contributed by atoms with Crippen molar-refractivity contribution >= 4 is 23.4 Å². The van der Waals surface area contributed by atoms with E-state index in [1.807, 2.05) is 30.5 Å². The first-order valence-electron chi connectivity index (χ1n) is 10.6. The van der Waals surface area contributed by atoms with Gasteiger partial charge in [0.25, 0.3) is 0 Å². The average molecular weight is 474 g/mol. The van der Waals surface area contributed by atoms with Gasteiger partial charge in [-0.05, 0) is 38.1 Å². The van der Waals surface area contributed by atoms with E-state index in [1.165, 1.54) is 23.9 Å². The van der Waals surface area contributed by atoms with Crippen LogP contribution in [0.2, 0.25) is 0 Å². The lowest BCUT2D eigenvalue weighted by molar-refractivity contribution is -0.127. The normalized spacial score (nSPS) is 10.7. The summed E-state index contributed by atoms with van der Waals surface area (Å²) in [6, 6.07) is 11.6. The number of halogens is 1. The summed E-state index contributed by atoms with van der Waals surface area (Å²) in [5.41, 5.74) is 1.49. The molecule has 0 fully saturated rings. The van der Waals surface area contributed by atoms with Crippen LogP contribution in [-0.4, -0.2) is 58.6 Å². The van der Waals surface area contributed by atoms with E-state index >= 15 is 0 Å². The molecule has 0 saturated carbocycles. The SMILES string of the molecule is CCN(CC)C(=O)CSc1nnc(CNc2ccc(F)cc2)n1-c1cc(OC)cc(OC)c1. The van der Waals surface area contributed by atoms with Crippen LogP contribution in [0, 0.1) is 5.82 Å². The minimum Gasteiger partial charge on any atom is -0.497 e. The molecule has 0 bridgehead atoms. The Morgan fingerprint density at radius 3 is 2.27 bits per heavy atom. The van der Waals surface area contributed by atoms with Crippen LogP contribution in [0.25, 0.3) is 5.69 Å². The summed E-state index contributed by atoms with van der Waals surface area (Å²) in [7, 11) is 3.17. The number of carbonyl (C=O) groups excluding carboxylic acids is 1. The fourth-order valence-electron chi connectivity index (χ4n) is 3.23. The lowest BCUT2D eigenvalue weighted by Crippen LogP contribution is -2.31. The number of thioether (sulfide) groups is 1. The maximum absolute atomic E-state index is 13.2. The zero-order valence-corrected chi connectivity index (χ0v) is 20.0. The van der Waals surface area contributed by atoms with Crippen LogP contribution in [-0.2, 0) is 11.3 Å². The smallest absolute Gasteiger partial charge is 0.233 e. The number of rotatable bonds is 11. The minimum atomic E-state index is -0.302. The van der Waals surface area contributed by atoms with E-state index in [0.717, 1.165) is 11.4 Å². The van der Waals surface area contributed by atoms with Gasteiger partial charge in [-0.2, -0.15) is 0 Å². The zero-order chi connectivity index (χ0) is 23.8. The third-order valence-corrected chi connectivity index (χ3v) is 5.94. The van der Waals surface area contributed by atoms with Crippen molar-refractivity contribution in [3.8, 4) is 17.2 Å². The second-order valence-electron chi connectivity index (χ2n) is 7.02.